The average Bonchev–Trinajstić information content (AvgIpc) is 2.99. The van der Waals surface area contributed by atoms with Crippen LogP contribution in [0.2, 0.25) is 0 Å². The summed E-state index contributed by atoms with van der Waals surface area (Å²) in [5.41, 5.74) is 7.01. The van der Waals surface area contributed by atoms with Crippen LogP contribution in [0.1, 0.15) is 40.7 Å². The summed E-state index contributed by atoms with van der Waals surface area (Å²) in [7, 11) is 0. The number of rotatable bonds is 10. The van der Waals surface area contributed by atoms with Crippen LogP contribution >= 0.6 is 23.1 Å². The fourth-order valence-corrected chi connectivity index (χ4v) is 4.24. The summed E-state index contributed by atoms with van der Waals surface area (Å²) in [5.74, 6) is -0.775. The minimum absolute atomic E-state index is 0.156. The Labute approximate surface area is 172 Å². The molecule has 2 rings (SSSR count). The minimum atomic E-state index is -0.404. The Bertz CT molecular complexity index is 834. The lowest BCUT2D eigenvalue weighted by Gasteiger charge is -2.06. The Morgan fingerprint density at radius 3 is 2.61 bits per heavy atom. The number of unbranched alkanes of at least 4 members (excludes halogenated alkanes) is 1. The highest BCUT2D eigenvalue weighted by molar-refractivity contribution is 8.01. The van der Waals surface area contributed by atoms with E-state index < -0.39 is 5.91 Å². The second-order valence-corrected chi connectivity index (χ2v) is 8.34. The van der Waals surface area contributed by atoms with Crippen molar-refractivity contribution < 1.29 is 19.1 Å². The van der Waals surface area contributed by atoms with Gasteiger partial charge in [0.25, 0.3) is 0 Å². The maximum absolute atomic E-state index is 12.1. The number of ether oxygens (including phenoxy) is 1. The molecule has 9 heteroatoms. The van der Waals surface area contributed by atoms with Crippen molar-refractivity contribution in [3.63, 3.8) is 0 Å². The first kappa shape index (κ1) is 21.9. The quantitative estimate of drug-likeness (QED) is 0.346. The first-order valence-electron chi connectivity index (χ1n) is 8.83. The highest BCUT2D eigenvalue weighted by atomic mass is 32.2. The number of nitrogens with zero attached hydrogens (tertiary/aromatic N) is 1. The third kappa shape index (κ3) is 6.97. The monoisotopic (exact) mass is 421 g/mol. The molecule has 7 nitrogen and oxygen atoms in total. The van der Waals surface area contributed by atoms with E-state index in [9.17, 15) is 14.4 Å². The number of benzene rings is 1. The Hall–Kier alpha value is -2.39. The number of nitrogens with one attached hydrogen (secondary N) is 1. The first-order chi connectivity index (χ1) is 13.4. The van der Waals surface area contributed by atoms with Crippen molar-refractivity contribution in [1.29, 1.82) is 0 Å². The molecule has 0 bridgehead atoms. The van der Waals surface area contributed by atoms with Crippen LogP contribution in [0.5, 0.6) is 0 Å². The van der Waals surface area contributed by atoms with Crippen molar-refractivity contribution in [2.75, 3.05) is 17.7 Å². The van der Waals surface area contributed by atoms with Crippen LogP contribution in [0.3, 0.4) is 0 Å². The number of hydrogen-bond donors (Lipinski definition) is 2. The number of primary amides is 1. The molecule has 0 radical (unpaired) electrons. The van der Waals surface area contributed by atoms with Gasteiger partial charge >= 0.3 is 5.97 Å². The molecule has 2 aromatic rings. The maximum Gasteiger partial charge on any atom is 0.338 e. The molecule has 0 saturated heterocycles. The second kappa shape index (κ2) is 10.8. The Balaban J connectivity index is 1.83. The Morgan fingerprint density at radius 2 is 1.96 bits per heavy atom. The van der Waals surface area contributed by atoms with E-state index >= 15 is 0 Å². The molecule has 150 valence electrons. The number of aromatic nitrogens is 1. The summed E-state index contributed by atoms with van der Waals surface area (Å²) >= 11 is 2.67. The molecule has 0 aliphatic rings. The van der Waals surface area contributed by atoms with E-state index in [1.165, 1.54) is 23.1 Å². The molecule has 0 fully saturated rings. The molecule has 1 aromatic carbocycles. The molecule has 0 saturated carbocycles. The molecular weight excluding hydrogens is 398 g/mol. The zero-order chi connectivity index (χ0) is 20.5. The summed E-state index contributed by atoms with van der Waals surface area (Å²) in [4.78, 5) is 40.2. The summed E-state index contributed by atoms with van der Waals surface area (Å²) in [6.07, 6.45) is 1.95. The molecule has 0 spiro atoms. The van der Waals surface area contributed by atoms with Gasteiger partial charge in [0.15, 0.2) is 4.34 Å². The van der Waals surface area contributed by atoms with Crippen LogP contribution in [-0.2, 0) is 20.7 Å². The van der Waals surface area contributed by atoms with Gasteiger partial charge in [-0.2, -0.15) is 0 Å². The van der Waals surface area contributed by atoms with Crippen molar-refractivity contribution in [1.82, 2.24) is 4.98 Å². The molecule has 28 heavy (non-hydrogen) atoms. The normalized spacial score (nSPS) is 10.5. The van der Waals surface area contributed by atoms with Gasteiger partial charge in [-0.15, -0.1) is 11.3 Å². The van der Waals surface area contributed by atoms with Gasteiger partial charge < -0.3 is 15.8 Å². The van der Waals surface area contributed by atoms with Gasteiger partial charge in [-0.3, -0.25) is 9.59 Å². The predicted octanol–water partition coefficient (Wildman–Crippen LogP) is 3.17. The lowest BCUT2D eigenvalue weighted by atomic mass is 10.2. The maximum atomic E-state index is 12.1. The van der Waals surface area contributed by atoms with Gasteiger partial charge in [-0.25, -0.2) is 9.78 Å². The van der Waals surface area contributed by atoms with Crippen molar-refractivity contribution in [3.8, 4) is 0 Å². The molecule has 2 amide bonds. The first-order valence-corrected chi connectivity index (χ1v) is 10.6. The highest BCUT2D eigenvalue weighted by Gasteiger charge is 2.12. The van der Waals surface area contributed by atoms with E-state index in [-0.39, 0.29) is 24.1 Å². The molecule has 1 aromatic heterocycles. The van der Waals surface area contributed by atoms with Crippen molar-refractivity contribution in [2.45, 2.75) is 37.4 Å². The number of esters is 1. The molecule has 1 heterocycles. The lowest BCUT2D eigenvalue weighted by molar-refractivity contribution is -0.117. The molecule has 0 aliphatic carbocycles. The van der Waals surface area contributed by atoms with Crippen LogP contribution in [-0.4, -0.2) is 35.1 Å². The van der Waals surface area contributed by atoms with Crippen LogP contribution in [0.15, 0.2) is 28.6 Å². The summed E-state index contributed by atoms with van der Waals surface area (Å²) < 4.78 is 5.87. The average molecular weight is 422 g/mol. The van der Waals surface area contributed by atoms with Crippen LogP contribution in [0.4, 0.5) is 5.69 Å². The van der Waals surface area contributed by atoms with Gasteiger partial charge in [0.2, 0.25) is 11.8 Å². The Kier molecular flexibility index (Phi) is 8.46. The van der Waals surface area contributed by atoms with Gasteiger partial charge in [0.05, 0.1) is 30.0 Å². The van der Waals surface area contributed by atoms with E-state index in [1.54, 1.807) is 24.3 Å². The van der Waals surface area contributed by atoms with Crippen LogP contribution < -0.4 is 11.1 Å². The Morgan fingerprint density at radius 1 is 1.25 bits per heavy atom. The van der Waals surface area contributed by atoms with E-state index in [0.29, 0.717) is 22.2 Å². The summed E-state index contributed by atoms with van der Waals surface area (Å²) in [6.45, 7) is 4.25. The smallest absolute Gasteiger partial charge is 0.338 e. The van der Waals surface area contributed by atoms with E-state index in [0.717, 1.165) is 23.4 Å². The van der Waals surface area contributed by atoms with Crippen molar-refractivity contribution >= 4 is 46.6 Å². The van der Waals surface area contributed by atoms with Crippen LogP contribution in [0, 0.1) is 6.92 Å². The SMILES string of the molecule is CCCCOC(=O)c1ccc(NC(=O)CSc2nc(C)c(CC(N)=O)s2)cc1. The number of aryl methyl sites for hydroxylation is 1. The standard InChI is InChI=1S/C19H23N3O4S2/c1-3-4-9-26-18(25)13-5-7-14(8-6-13)22-17(24)11-27-19-21-12(2)15(28-19)10-16(20)23/h5-8H,3-4,9-11H2,1-2H3,(H2,20,23)(H,22,24). The van der Waals surface area contributed by atoms with Gasteiger partial charge in [0.1, 0.15) is 0 Å². The third-order valence-corrected chi connectivity index (χ3v) is 5.97. The number of thioether (sulfide) groups is 1. The molecule has 3 N–H and O–H groups in total. The predicted molar refractivity (Wildman–Crippen MR) is 111 cm³/mol. The number of thiazole rings is 1. The van der Waals surface area contributed by atoms with Gasteiger partial charge in [0, 0.05) is 10.6 Å². The molecule has 0 aliphatic heterocycles. The number of carbonyl (C=O) groups excluding carboxylic acids is 3. The number of hydrogen-bond acceptors (Lipinski definition) is 7. The minimum Gasteiger partial charge on any atom is -0.462 e. The third-order valence-electron chi connectivity index (χ3n) is 3.67. The fraction of sp³-hybridized carbons (Fsp3) is 0.368. The van der Waals surface area contributed by atoms with Gasteiger partial charge in [-0.1, -0.05) is 25.1 Å². The number of nitrogens with two attached hydrogens (primary N) is 1. The molecule has 0 atom stereocenters. The number of anilines is 1. The van der Waals surface area contributed by atoms with E-state index in [4.69, 9.17) is 10.5 Å². The van der Waals surface area contributed by atoms with Crippen molar-refractivity contribution in [2.24, 2.45) is 5.73 Å². The summed E-state index contributed by atoms with van der Waals surface area (Å²) in [6, 6.07) is 6.57. The fourth-order valence-electron chi connectivity index (χ4n) is 2.19. The van der Waals surface area contributed by atoms with Crippen molar-refractivity contribution in [3.05, 3.63) is 40.4 Å². The van der Waals surface area contributed by atoms with Gasteiger partial charge in [-0.05, 0) is 37.6 Å². The molecule has 0 unspecified atom stereocenters. The lowest BCUT2D eigenvalue weighted by Crippen LogP contribution is -2.14. The van der Waals surface area contributed by atoms with Crippen LogP contribution in [0.25, 0.3) is 0 Å². The zero-order valence-corrected chi connectivity index (χ0v) is 17.5. The van der Waals surface area contributed by atoms with E-state index in [2.05, 4.69) is 10.3 Å². The number of carbonyl (C=O) groups is 3. The molecular formula is C19H23N3O4S2. The van der Waals surface area contributed by atoms with E-state index in [1.807, 2.05) is 13.8 Å². The summed E-state index contributed by atoms with van der Waals surface area (Å²) in [5, 5.41) is 2.78. The number of amides is 2. The topological polar surface area (TPSA) is 111 Å². The second-order valence-electron chi connectivity index (χ2n) is 6.04. The largest absolute Gasteiger partial charge is 0.462 e. The highest BCUT2D eigenvalue weighted by Crippen LogP contribution is 2.27. The zero-order valence-electron chi connectivity index (χ0n) is 15.8.